The highest BCUT2D eigenvalue weighted by Crippen LogP contribution is 2.09. The first-order valence-electron chi connectivity index (χ1n) is 6.48. The van der Waals surface area contributed by atoms with Gasteiger partial charge in [0, 0.05) is 25.2 Å². The average Bonchev–Trinajstić information content (AvgIpc) is 2.46. The summed E-state index contributed by atoms with van der Waals surface area (Å²) in [7, 11) is 0. The SMILES string of the molecule is CCNCc1ccc(C(=O)N2CCOCC2)cc1. The van der Waals surface area contributed by atoms with Crippen LogP contribution >= 0.6 is 0 Å². The predicted octanol–water partition coefficient (Wildman–Crippen LogP) is 1.27. The van der Waals surface area contributed by atoms with Gasteiger partial charge in [-0.25, -0.2) is 0 Å². The highest BCUT2D eigenvalue weighted by Gasteiger charge is 2.17. The Labute approximate surface area is 108 Å². The van der Waals surface area contributed by atoms with Crippen molar-refractivity contribution in [2.24, 2.45) is 0 Å². The number of nitrogens with zero attached hydrogens (tertiary/aromatic N) is 1. The first-order valence-corrected chi connectivity index (χ1v) is 6.48. The van der Waals surface area contributed by atoms with Crippen molar-refractivity contribution in [3.05, 3.63) is 35.4 Å². The normalized spacial score (nSPS) is 15.7. The smallest absolute Gasteiger partial charge is 0.254 e. The van der Waals surface area contributed by atoms with Crippen molar-refractivity contribution in [2.45, 2.75) is 13.5 Å². The van der Waals surface area contributed by atoms with Gasteiger partial charge in [-0.3, -0.25) is 4.79 Å². The lowest BCUT2D eigenvalue weighted by Gasteiger charge is -2.26. The highest BCUT2D eigenvalue weighted by atomic mass is 16.5. The fourth-order valence-corrected chi connectivity index (χ4v) is 1.98. The number of hydrogen-bond acceptors (Lipinski definition) is 3. The molecule has 4 nitrogen and oxygen atoms in total. The molecule has 1 N–H and O–H groups in total. The van der Waals surface area contributed by atoms with Gasteiger partial charge in [-0.2, -0.15) is 0 Å². The Kier molecular flexibility index (Phi) is 4.73. The van der Waals surface area contributed by atoms with Crippen molar-refractivity contribution >= 4 is 5.91 Å². The number of ether oxygens (including phenoxy) is 1. The molecule has 1 heterocycles. The summed E-state index contributed by atoms with van der Waals surface area (Å²) < 4.78 is 5.25. The molecule has 0 aromatic heterocycles. The number of benzene rings is 1. The minimum Gasteiger partial charge on any atom is -0.378 e. The molecule has 1 aliphatic heterocycles. The molecule has 4 heteroatoms. The zero-order chi connectivity index (χ0) is 12.8. The Morgan fingerprint density at radius 2 is 1.94 bits per heavy atom. The van der Waals surface area contributed by atoms with Crippen LogP contribution in [0.1, 0.15) is 22.8 Å². The molecular formula is C14H20N2O2. The van der Waals surface area contributed by atoms with Gasteiger partial charge in [-0.15, -0.1) is 0 Å². The van der Waals surface area contributed by atoms with E-state index in [-0.39, 0.29) is 5.91 Å². The average molecular weight is 248 g/mol. The van der Waals surface area contributed by atoms with Crippen LogP contribution in [0.2, 0.25) is 0 Å². The van der Waals surface area contributed by atoms with Crippen LogP contribution in [0.4, 0.5) is 0 Å². The molecule has 0 aliphatic carbocycles. The standard InChI is InChI=1S/C14H20N2O2/c1-2-15-11-12-3-5-13(6-4-12)14(17)16-7-9-18-10-8-16/h3-6,15H,2,7-11H2,1H3. The third-order valence-corrected chi connectivity index (χ3v) is 3.08. The molecule has 18 heavy (non-hydrogen) atoms. The van der Waals surface area contributed by atoms with Crippen LogP contribution in [0.25, 0.3) is 0 Å². The van der Waals surface area contributed by atoms with E-state index in [1.807, 2.05) is 29.2 Å². The van der Waals surface area contributed by atoms with Crippen LogP contribution in [0.5, 0.6) is 0 Å². The van der Waals surface area contributed by atoms with Crippen molar-refractivity contribution in [1.29, 1.82) is 0 Å². The fourth-order valence-electron chi connectivity index (χ4n) is 1.98. The van der Waals surface area contributed by atoms with Crippen LogP contribution in [-0.4, -0.2) is 43.7 Å². The lowest BCUT2D eigenvalue weighted by Crippen LogP contribution is -2.40. The van der Waals surface area contributed by atoms with Gasteiger partial charge in [0.05, 0.1) is 13.2 Å². The molecule has 0 atom stereocenters. The predicted molar refractivity (Wildman–Crippen MR) is 70.5 cm³/mol. The van der Waals surface area contributed by atoms with Gasteiger partial charge in [-0.05, 0) is 24.2 Å². The van der Waals surface area contributed by atoms with E-state index in [9.17, 15) is 4.79 Å². The summed E-state index contributed by atoms with van der Waals surface area (Å²) in [5, 5.41) is 3.26. The van der Waals surface area contributed by atoms with Gasteiger partial charge in [0.1, 0.15) is 0 Å². The van der Waals surface area contributed by atoms with E-state index in [2.05, 4.69) is 12.2 Å². The lowest BCUT2D eigenvalue weighted by atomic mass is 10.1. The maximum Gasteiger partial charge on any atom is 0.254 e. The first-order chi connectivity index (χ1) is 8.81. The Morgan fingerprint density at radius 3 is 2.56 bits per heavy atom. The van der Waals surface area contributed by atoms with Gasteiger partial charge in [-0.1, -0.05) is 19.1 Å². The van der Waals surface area contributed by atoms with Gasteiger partial charge >= 0.3 is 0 Å². The molecule has 0 bridgehead atoms. The van der Waals surface area contributed by atoms with E-state index >= 15 is 0 Å². The molecule has 1 aromatic rings. The summed E-state index contributed by atoms with van der Waals surface area (Å²) >= 11 is 0. The van der Waals surface area contributed by atoms with E-state index in [1.165, 1.54) is 5.56 Å². The molecule has 1 aliphatic rings. The van der Waals surface area contributed by atoms with Crippen molar-refractivity contribution in [3.8, 4) is 0 Å². The summed E-state index contributed by atoms with van der Waals surface area (Å²) in [5.74, 6) is 0.105. The Bertz CT molecular complexity index is 383. The van der Waals surface area contributed by atoms with Crippen molar-refractivity contribution in [2.75, 3.05) is 32.8 Å². The molecule has 1 aromatic carbocycles. The Balaban J connectivity index is 1.97. The molecule has 2 rings (SSSR count). The maximum absolute atomic E-state index is 12.2. The number of nitrogens with one attached hydrogen (secondary N) is 1. The van der Waals surface area contributed by atoms with Crippen LogP contribution < -0.4 is 5.32 Å². The van der Waals surface area contributed by atoms with E-state index in [1.54, 1.807) is 0 Å². The van der Waals surface area contributed by atoms with Crippen molar-refractivity contribution in [3.63, 3.8) is 0 Å². The summed E-state index contributed by atoms with van der Waals surface area (Å²) in [4.78, 5) is 14.0. The van der Waals surface area contributed by atoms with Gasteiger partial charge in [0.25, 0.3) is 5.91 Å². The topological polar surface area (TPSA) is 41.6 Å². The molecular weight excluding hydrogens is 228 g/mol. The summed E-state index contributed by atoms with van der Waals surface area (Å²) in [6.45, 7) is 6.55. The van der Waals surface area contributed by atoms with Crippen molar-refractivity contribution in [1.82, 2.24) is 10.2 Å². The number of carbonyl (C=O) groups is 1. The minimum atomic E-state index is 0.105. The second-order valence-electron chi connectivity index (χ2n) is 4.38. The van der Waals surface area contributed by atoms with Crippen LogP contribution in [0.15, 0.2) is 24.3 Å². The van der Waals surface area contributed by atoms with Gasteiger partial charge in [0.15, 0.2) is 0 Å². The van der Waals surface area contributed by atoms with E-state index < -0.39 is 0 Å². The zero-order valence-electron chi connectivity index (χ0n) is 10.8. The summed E-state index contributed by atoms with van der Waals surface area (Å²) in [5.41, 5.74) is 1.97. The first kappa shape index (κ1) is 13.1. The van der Waals surface area contributed by atoms with Crippen molar-refractivity contribution < 1.29 is 9.53 Å². The molecule has 0 saturated carbocycles. The highest BCUT2D eigenvalue weighted by molar-refractivity contribution is 5.94. The molecule has 1 saturated heterocycles. The quantitative estimate of drug-likeness (QED) is 0.872. The van der Waals surface area contributed by atoms with Crippen LogP contribution in [0, 0.1) is 0 Å². The molecule has 0 spiro atoms. The molecule has 0 unspecified atom stereocenters. The monoisotopic (exact) mass is 248 g/mol. The number of rotatable bonds is 4. The minimum absolute atomic E-state index is 0.105. The van der Waals surface area contributed by atoms with Gasteiger partial charge in [0.2, 0.25) is 0 Å². The largest absolute Gasteiger partial charge is 0.378 e. The second kappa shape index (κ2) is 6.52. The summed E-state index contributed by atoms with van der Waals surface area (Å²) in [6.07, 6.45) is 0. The number of hydrogen-bond donors (Lipinski definition) is 1. The molecule has 1 fully saturated rings. The molecule has 0 radical (unpaired) electrons. The van der Waals surface area contributed by atoms with E-state index in [4.69, 9.17) is 4.74 Å². The lowest BCUT2D eigenvalue weighted by molar-refractivity contribution is 0.0303. The number of amides is 1. The summed E-state index contributed by atoms with van der Waals surface area (Å²) in [6, 6.07) is 7.83. The third-order valence-electron chi connectivity index (χ3n) is 3.08. The second-order valence-corrected chi connectivity index (χ2v) is 4.38. The Hall–Kier alpha value is -1.39. The van der Waals surface area contributed by atoms with Gasteiger partial charge < -0.3 is 15.0 Å². The number of carbonyl (C=O) groups excluding carboxylic acids is 1. The van der Waals surface area contributed by atoms with Crippen LogP contribution in [-0.2, 0) is 11.3 Å². The van der Waals surface area contributed by atoms with E-state index in [0.717, 1.165) is 18.7 Å². The molecule has 1 amide bonds. The molecule has 98 valence electrons. The zero-order valence-corrected chi connectivity index (χ0v) is 10.8. The van der Waals surface area contributed by atoms with E-state index in [0.29, 0.717) is 26.3 Å². The number of morpholine rings is 1. The fraction of sp³-hybridized carbons (Fsp3) is 0.500. The Morgan fingerprint density at radius 1 is 1.28 bits per heavy atom. The third kappa shape index (κ3) is 3.31. The van der Waals surface area contributed by atoms with Crippen LogP contribution in [0.3, 0.4) is 0 Å². The maximum atomic E-state index is 12.2.